The fourth-order valence-electron chi connectivity index (χ4n) is 5.17. The molecule has 26 nitrogen and oxygen atoms in total. The van der Waals surface area contributed by atoms with Gasteiger partial charge >= 0.3 is 10.4 Å². The Hall–Kier alpha value is -5.14. The molecule has 5 aromatic rings. The van der Waals surface area contributed by atoms with Gasteiger partial charge in [0.05, 0.1) is 69.3 Å². The summed E-state index contributed by atoms with van der Waals surface area (Å²) in [6.07, 6.45) is 0. The minimum Gasteiger partial charge on any atom is -0.395 e. The molecule has 342 valence electrons. The van der Waals surface area contributed by atoms with E-state index in [1.54, 1.807) is 0 Å². The topological polar surface area (TPSA) is 399 Å². The summed E-state index contributed by atoms with van der Waals surface area (Å²) in [5.41, 5.74) is 11.5. The number of hydrogen-bond acceptors (Lipinski definition) is 26. The molecule has 0 aliphatic heterocycles. The van der Waals surface area contributed by atoms with Crippen molar-refractivity contribution in [3.8, 4) is 0 Å². The lowest BCUT2D eigenvalue weighted by atomic mass is 10.1. The van der Waals surface area contributed by atoms with E-state index in [1.807, 2.05) is 0 Å². The van der Waals surface area contributed by atoms with Gasteiger partial charge in [0, 0.05) is 10.3 Å². The third-order valence-electron chi connectivity index (χ3n) is 8.02. The largest absolute Gasteiger partial charge is 0.397 e. The van der Waals surface area contributed by atoms with Crippen molar-refractivity contribution >= 4 is 121 Å². The van der Waals surface area contributed by atoms with Crippen molar-refractivity contribution < 1.29 is 80.4 Å². The smallest absolute Gasteiger partial charge is 0.395 e. The van der Waals surface area contributed by atoms with Crippen LogP contribution < -0.4 is 11.5 Å². The van der Waals surface area contributed by atoms with Crippen molar-refractivity contribution in [2.24, 2.45) is 30.7 Å². The van der Waals surface area contributed by atoms with E-state index in [-0.39, 0.29) is 89.9 Å². The maximum Gasteiger partial charge on any atom is 0.397 e. The lowest BCUT2D eigenvalue weighted by molar-refractivity contribution is -0.434. The van der Waals surface area contributed by atoms with E-state index in [2.05, 4.69) is 53.6 Å². The van der Waals surface area contributed by atoms with Crippen molar-refractivity contribution in [2.45, 2.75) is 19.6 Å². The van der Waals surface area contributed by atoms with Gasteiger partial charge in [0.2, 0.25) is 0 Å². The number of rotatable bonds is 22. The SMILES string of the molecule is Nc1c(/N=N/c2ccc(S(=O)(=O)CCOSOOO)cc2)cc(/N=N/c2ccc3c(SOOO)cccc3c2S(=O)(=O)O)c(N)c1/N=N/c1ccc(S(=O)(=O)CCOS(=O)(=O)O)cc1. The molecule has 0 amide bonds. The number of benzene rings is 5. The first-order chi connectivity index (χ1) is 30.2. The normalized spacial score (nSPS) is 12.9. The predicted molar refractivity (Wildman–Crippen MR) is 225 cm³/mol. The third kappa shape index (κ3) is 13.4. The van der Waals surface area contributed by atoms with Crippen molar-refractivity contribution in [3.63, 3.8) is 0 Å². The Balaban J connectivity index is 1.53. The number of anilines is 2. The molecule has 32 heteroatoms. The van der Waals surface area contributed by atoms with Crippen LogP contribution in [0.15, 0.2) is 135 Å². The van der Waals surface area contributed by atoms with E-state index in [4.69, 9.17) is 30.7 Å². The van der Waals surface area contributed by atoms with Crippen LogP contribution >= 0.6 is 24.4 Å². The number of hydrogen-bond donors (Lipinski definition) is 6. The van der Waals surface area contributed by atoms with E-state index in [9.17, 15) is 38.2 Å². The average Bonchev–Trinajstić information content (AvgIpc) is 3.24. The molecule has 0 radical (unpaired) electrons. The molecule has 0 aromatic heterocycles. The molecular weight excluding hydrogens is 977 g/mol. The highest BCUT2D eigenvalue weighted by Crippen LogP contribution is 2.46. The molecule has 0 saturated carbocycles. The number of nitrogen functional groups attached to an aromatic ring is 2. The van der Waals surface area contributed by atoms with Gasteiger partial charge in [0.1, 0.15) is 27.6 Å². The number of nitrogens with two attached hydrogens (primary N) is 2. The van der Waals surface area contributed by atoms with Gasteiger partial charge in [-0.3, -0.25) is 13.3 Å². The Morgan fingerprint density at radius 2 is 1.11 bits per heavy atom. The summed E-state index contributed by atoms with van der Waals surface area (Å²) in [5, 5.41) is 48.5. The molecule has 0 saturated heterocycles. The Kier molecular flexibility index (Phi) is 16.9. The molecule has 5 aromatic carbocycles. The van der Waals surface area contributed by atoms with Gasteiger partial charge in [-0.05, 0) is 72.1 Å². The number of fused-ring (bicyclic) bond motifs is 1. The van der Waals surface area contributed by atoms with Gasteiger partial charge < -0.3 is 11.5 Å². The Morgan fingerprint density at radius 1 is 0.578 bits per heavy atom. The second-order valence-corrected chi connectivity index (χ2v) is 20.0. The highest BCUT2D eigenvalue weighted by atomic mass is 32.3. The van der Waals surface area contributed by atoms with Gasteiger partial charge in [0.25, 0.3) is 10.1 Å². The minimum atomic E-state index is -5.00. The van der Waals surface area contributed by atoms with Gasteiger partial charge in [-0.2, -0.15) is 27.1 Å². The molecule has 0 aliphatic carbocycles. The average molecular weight is 1010 g/mol. The predicted octanol–water partition coefficient (Wildman–Crippen LogP) is 7.29. The molecule has 0 atom stereocenters. The van der Waals surface area contributed by atoms with E-state index < -0.39 is 63.2 Å². The first kappa shape index (κ1) is 49.9. The quantitative estimate of drug-likeness (QED) is 0.00753. The second kappa shape index (κ2) is 21.7. The second-order valence-electron chi connectivity index (χ2n) is 12.1. The van der Waals surface area contributed by atoms with Crippen molar-refractivity contribution in [2.75, 3.05) is 36.2 Å². The van der Waals surface area contributed by atoms with E-state index >= 15 is 0 Å². The molecule has 64 heavy (non-hydrogen) atoms. The highest BCUT2D eigenvalue weighted by Gasteiger charge is 2.23. The fourth-order valence-corrected chi connectivity index (χ4v) is 9.41. The zero-order chi connectivity index (χ0) is 46.7. The van der Waals surface area contributed by atoms with Gasteiger partial charge in [-0.25, -0.2) is 31.5 Å². The summed E-state index contributed by atoms with van der Waals surface area (Å²) < 4.78 is 134. The molecular formula is C32H30N8O18S6. The van der Waals surface area contributed by atoms with Crippen molar-refractivity contribution in [1.82, 2.24) is 0 Å². The molecule has 8 N–H and O–H groups in total. The van der Waals surface area contributed by atoms with Crippen LogP contribution in [0.1, 0.15) is 0 Å². The fraction of sp³-hybridized carbons (Fsp3) is 0.125. The lowest BCUT2D eigenvalue weighted by Gasteiger charge is -2.11. The summed E-state index contributed by atoms with van der Waals surface area (Å²) in [6.45, 7) is -1.18. The highest BCUT2D eigenvalue weighted by molar-refractivity contribution is 7.94. The Bertz CT molecular complexity index is 3030. The molecule has 0 fully saturated rings. The minimum absolute atomic E-state index is 0.0288. The summed E-state index contributed by atoms with van der Waals surface area (Å²) >= 11 is 0.748. The number of azo groups is 3. The van der Waals surface area contributed by atoms with Gasteiger partial charge in [0.15, 0.2) is 32.0 Å². The van der Waals surface area contributed by atoms with Crippen LogP contribution in [-0.4, -0.2) is 78.0 Å². The Labute approximate surface area is 370 Å². The summed E-state index contributed by atoms with van der Waals surface area (Å²) in [5.74, 6) is -1.26. The van der Waals surface area contributed by atoms with Crippen molar-refractivity contribution in [1.29, 1.82) is 0 Å². The van der Waals surface area contributed by atoms with Crippen LogP contribution in [0.25, 0.3) is 10.8 Å². The van der Waals surface area contributed by atoms with Gasteiger partial charge in [-0.1, -0.05) is 28.3 Å². The van der Waals surface area contributed by atoms with E-state index in [1.165, 1.54) is 72.8 Å². The number of sulfone groups is 2. The Morgan fingerprint density at radius 3 is 1.66 bits per heavy atom. The summed E-state index contributed by atoms with van der Waals surface area (Å²) in [4.78, 5) is -0.757. The van der Waals surface area contributed by atoms with Crippen molar-refractivity contribution in [3.05, 3.63) is 84.9 Å². The monoisotopic (exact) mass is 1010 g/mol. The molecule has 0 bridgehead atoms. The maximum atomic E-state index is 12.7. The van der Waals surface area contributed by atoms with E-state index in [0.29, 0.717) is 12.0 Å². The van der Waals surface area contributed by atoms with Crippen LogP contribution in [0, 0.1) is 0 Å². The summed E-state index contributed by atoms with van der Waals surface area (Å²) in [7, 11) is -17.8. The molecule has 0 heterocycles. The summed E-state index contributed by atoms with van der Waals surface area (Å²) in [6, 6.07) is 18.0. The zero-order valence-corrected chi connectivity index (χ0v) is 36.6. The standard InChI is InChI=1S/C32H30N8O18S6/c33-29-26(38-35-19-4-8-21(9-5-19)61(43,44)16-14-53-60-58-56-42)18-27(39-37-25-13-12-23-24(32(25)63(47,48)49)2-1-3-28(23)59-57-55-41)30(34)31(29)40-36-20-6-10-22(11-7-20)62(45,46)17-15-54-64(50,51)52/h1-13,18,41-42H,14-17,33-34H2,(H,47,48,49)(H,50,51,52)/b38-35+,39-37+,40-36+. The molecule has 0 spiro atoms. The molecule has 0 unspecified atom stereocenters. The maximum absolute atomic E-state index is 12.7. The van der Waals surface area contributed by atoms with Crippen LogP contribution in [0.2, 0.25) is 0 Å². The lowest BCUT2D eigenvalue weighted by Crippen LogP contribution is -2.15. The van der Waals surface area contributed by atoms with Gasteiger partial charge in [-0.15, -0.1) is 29.1 Å². The van der Waals surface area contributed by atoms with E-state index in [0.717, 1.165) is 12.1 Å². The first-order valence-corrected chi connectivity index (χ1v) is 24.4. The van der Waals surface area contributed by atoms with Crippen LogP contribution in [0.5, 0.6) is 0 Å². The third-order valence-corrected chi connectivity index (χ3v) is 13.9. The van der Waals surface area contributed by atoms with Crippen LogP contribution in [0.3, 0.4) is 0 Å². The van der Waals surface area contributed by atoms with Crippen LogP contribution in [-0.2, 0) is 67.3 Å². The van der Waals surface area contributed by atoms with Crippen LogP contribution in [0.4, 0.5) is 45.5 Å². The zero-order valence-electron chi connectivity index (χ0n) is 31.7. The number of nitrogens with zero attached hydrogens (tertiary/aromatic N) is 6. The molecule has 0 aliphatic rings. The molecule has 5 rings (SSSR count). The first-order valence-electron chi connectivity index (χ1n) is 16.9.